The summed E-state index contributed by atoms with van der Waals surface area (Å²) in [6, 6.07) is 17.8. The number of nitrogens with zero attached hydrogens (tertiary/aromatic N) is 2. The molecule has 0 aliphatic carbocycles. The maximum absolute atomic E-state index is 9.36. The van der Waals surface area contributed by atoms with Crippen LogP contribution in [0.3, 0.4) is 0 Å². The number of phenolic OH excluding ortho intramolecular Hbond substituents is 1. The minimum Gasteiger partial charge on any atom is -0.508 e. The molecule has 0 amide bonds. The van der Waals surface area contributed by atoms with Gasteiger partial charge in [0, 0.05) is 11.4 Å². The maximum Gasteiger partial charge on any atom is 0.147 e. The molecule has 26 heavy (non-hydrogen) atoms. The molecule has 2 N–H and O–H groups in total. The first-order chi connectivity index (χ1) is 12.7. The largest absolute Gasteiger partial charge is 0.508 e. The zero-order valence-corrected chi connectivity index (χ0v) is 15.3. The third kappa shape index (κ3) is 3.39. The van der Waals surface area contributed by atoms with E-state index in [2.05, 4.69) is 52.5 Å². The Labute approximate surface area is 156 Å². The highest BCUT2D eigenvalue weighted by atomic mass is 32.1. The van der Waals surface area contributed by atoms with Gasteiger partial charge in [-0.2, -0.15) is 0 Å². The average molecular weight is 361 g/mol. The van der Waals surface area contributed by atoms with Crippen LogP contribution < -0.4 is 5.32 Å². The number of aromatic nitrogens is 2. The van der Waals surface area contributed by atoms with Crippen molar-refractivity contribution in [2.45, 2.75) is 13.3 Å². The van der Waals surface area contributed by atoms with Crippen molar-refractivity contribution in [3.05, 3.63) is 72.1 Å². The lowest BCUT2D eigenvalue weighted by molar-refractivity contribution is 0.475. The number of rotatable bonds is 5. The number of phenols is 1. The molecule has 4 aromatic rings. The number of aromatic hydroxyl groups is 1. The van der Waals surface area contributed by atoms with Crippen molar-refractivity contribution < 1.29 is 5.11 Å². The van der Waals surface area contributed by atoms with Crippen LogP contribution in [-0.4, -0.2) is 21.6 Å². The zero-order valence-electron chi connectivity index (χ0n) is 14.4. The zero-order chi connectivity index (χ0) is 17.9. The molecule has 130 valence electrons. The topological polar surface area (TPSA) is 58.0 Å². The molecule has 0 aliphatic rings. The Hall–Kier alpha value is -2.92. The molecule has 2 aromatic carbocycles. The van der Waals surface area contributed by atoms with Crippen LogP contribution in [-0.2, 0) is 6.42 Å². The molecule has 0 fully saturated rings. The van der Waals surface area contributed by atoms with Gasteiger partial charge in [-0.3, -0.25) is 0 Å². The molecule has 4 nitrogen and oxygen atoms in total. The van der Waals surface area contributed by atoms with Gasteiger partial charge in [-0.25, -0.2) is 9.97 Å². The van der Waals surface area contributed by atoms with Gasteiger partial charge in [-0.05, 0) is 48.2 Å². The quantitative estimate of drug-likeness (QED) is 0.524. The van der Waals surface area contributed by atoms with E-state index in [0.717, 1.165) is 29.0 Å². The van der Waals surface area contributed by atoms with Crippen molar-refractivity contribution in [3.63, 3.8) is 0 Å². The Balaban J connectivity index is 1.56. The molecule has 0 saturated carbocycles. The van der Waals surface area contributed by atoms with E-state index in [9.17, 15) is 5.11 Å². The van der Waals surface area contributed by atoms with E-state index in [0.29, 0.717) is 5.75 Å². The van der Waals surface area contributed by atoms with Gasteiger partial charge in [0.15, 0.2) is 0 Å². The molecule has 2 aromatic heterocycles. The van der Waals surface area contributed by atoms with Gasteiger partial charge >= 0.3 is 0 Å². The fraction of sp³-hybridized carbons (Fsp3) is 0.143. The first-order valence-corrected chi connectivity index (χ1v) is 9.35. The highest BCUT2D eigenvalue weighted by Crippen LogP contribution is 2.36. The Morgan fingerprint density at radius 3 is 2.65 bits per heavy atom. The van der Waals surface area contributed by atoms with Crippen LogP contribution in [0.15, 0.2) is 60.9 Å². The van der Waals surface area contributed by atoms with Crippen LogP contribution in [0.1, 0.15) is 11.1 Å². The molecule has 0 aliphatic heterocycles. The molecule has 5 heteroatoms. The van der Waals surface area contributed by atoms with Crippen molar-refractivity contribution in [3.8, 4) is 16.2 Å². The minimum absolute atomic E-state index is 0.293. The number of fused-ring (bicyclic) bond motifs is 1. The standard InChI is InChI=1S/C21H19N3OS/c1-14-4-2-3-5-17(14)19-12-18-20(26-19)21(24-13-23-18)22-11-10-15-6-8-16(25)9-7-15/h2-9,12-13,25H,10-11H2,1H3,(H,22,23,24). The van der Waals surface area contributed by atoms with E-state index in [4.69, 9.17) is 0 Å². The van der Waals surface area contributed by atoms with Crippen molar-refractivity contribution in [1.29, 1.82) is 0 Å². The normalized spacial score (nSPS) is 11.0. The average Bonchev–Trinajstić information content (AvgIpc) is 3.08. The summed E-state index contributed by atoms with van der Waals surface area (Å²) in [7, 11) is 0. The molecule has 0 bridgehead atoms. The molecular weight excluding hydrogens is 342 g/mol. The second kappa shape index (κ2) is 7.14. The van der Waals surface area contributed by atoms with Crippen LogP contribution in [0.25, 0.3) is 20.7 Å². The smallest absolute Gasteiger partial charge is 0.147 e. The second-order valence-electron chi connectivity index (χ2n) is 6.21. The third-order valence-electron chi connectivity index (χ3n) is 4.36. The molecule has 0 spiro atoms. The van der Waals surface area contributed by atoms with Gasteiger partial charge in [0.2, 0.25) is 0 Å². The monoisotopic (exact) mass is 361 g/mol. The number of hydrogen-bond acceptors (Lipinski definition) is 5. The molecule has 0 atom stereocenters. The highest BCUT2D eigenvalue weighted by molar-refractivity contribution is 7.22. The first-order valence-electron chi connectivity index (χ1n) is 8.53. The summed E-state index contributed by atoms with van der Waals surface area (Å²) in [6.45, 7) is 2.90. The lowest BCUT2D eigenvalue weighted by Gasteiger charge is -2.06. The van der Waals surface area contributed by atoms with Crippen molar-refractivity contribution in [1.82, 2.24) is 9.97 Å². The second-order valence-corrected chi connectivity index (χ2v) is 7.26. The lowest BCUT2D eigenvalue weighted by atomic mass is 10.1. The number of hydrogen-bond donors (Lipinski definition) is 2. The van der Waals surface area contributed by atoms with Gasteiger partial charge in [-0.1, -0.05) is 36.4 Å². The van der Waals surface area contributed by atoms with Crippen LogP contribution in [0.5, 0.6) is 5.75 Å². The van der Waals surface area contributed by atoms with Gasteiger partial charge in [0.1, 0.15) is 17.9 Å². The maximum atomic E-state index is 9.36. The molecule has 0 radical (unpaired) electrons. The summed E-state index contributed by atoms with van der Waals surface area (Å²) in [6.07, 6.45) is 2.47. The SMILES string of the molecule is Cc1ccccc1-c1cc2ncnc(NCCc3ccc(O)cc3)c2s1. The van der Waals surface area contributed by atoms with E-state index in [1.807, 2.05) is 12.1 Å². The summed E-state index contributed by atoms with van der Waals surface area (Å²) in [5.41, 5.74) is 4.64. The molecule has 0 unspecified atom stereocenters. The fourth-order valence-electron chi connectivity index (χ4n) is 2.95. The van der Waals surface area contributed by atoms with Crippen molar-refractivity contribution in [2.24, 2.45) is 0 Å². The first kappa shape index (κ1) is 16.5. The Kier molecular flexibility index (Phi) is 4.54. The molecule has 2 heterocycles. The Bertz CT molecular complexity index is 1040. The van der Waals surface area contributed by atoms with Crippen LogP contribution in [0.4, 0.5) is 5.82 Å². The molecule has 0 saturated heterocycles. The Morgan fingerprint density at radius 2 is 1.85 bits per heavy atom. The van der Waals surface area contributed by atoms with E-state index in [-0.39, 0.29) is 0 Å². The van der Waals surface area contributed by atoms with Gasteiger partial charge in [-0.15, -0.1) is 11.3 Å². The van der Waals surface area contributed by atoms with Gasteiger partial charge < -0.3 is 10.4 Å². The van der Waals surface area contributed by atoms with Crippen LogP contribution >= 0.6 is 11.3 Å². The Morgan fingerprint density at radius 1 is 1.04 bits per heavy atom. The molecular formula is C21H19N3OS. The van der Waals surface area contributed by atoms with E-state index >= 15 is 0 Å². The molecule has 4 rings (SSSR count). The van der Waals surface area contributed by atoms with Crippen LogP contribution in [0, 0.1) is 6.92 Å². The van der Waals surface area contributed by atoms with Crippen LogP contribution in [0.2, 0.25) is 0 Å². The summed E-state index contributed by atoms with van der Waals surface area (Å²) in [4.78, 5) is 10.1. The summed E-state index contributed by atoms with van der Waals surface area (Å²) in [5.74, 6) is 1.17. The van der Waals surface area contributed by atoms with Gasteiger partial charge in [0.25, 0.3) is 0 Å². The van der Waals surface area contributed by atoms with E-state index in [1.165, 1.54) is 21.6 Å². The van der Waals surface area contributed by atoms with Gasteiger partial charge in [0.05, 0.1) is 10.2 Å². The van der Waals surface area contributed by atoms with Crippen molar-refractivity contribution >= 4 is 27.4 Å². The predicted molar refractivity (Wildman–Crippen MR) is 108 cm³/mol. The summed E-state index contributed by atoms with van der Waals surface area (Å²) < 4.78 is 1.08. The number of benzene rings is 2. The summed E-state index contributed by atoms with van der Waals surface area (Å²) >= 11 is 1.72. The van der Waals surface area contributed by atoms with E-state index < -0.39 is 0 Å². The third-order valence-corrected chi connectivity index (χ3v) is 5.53. The minimum atomic E-state index is 0.293. The lowest BCUT2D eigenvalue weighted by Crippen LogP contribution is -2.06. The predicted octanol–water partition coefficient (Wildman–Crippen LogP) is 5.03. The summed E-state index contributed by atoms with van der Waals surface area (Å²) in [5, 5.41) is 12.8. The number of aryl methyl sites for hydroxylation is 1. The number of nitrogens with one attached hydrogen (secondary N) is 1. The van der Waals surface area contributed by atoms with E-state index in [1.54, 1.807) is 29.8 Å². The van der Waals surface area contributed by atoms with Crippen molar-refractivity contribution in [2.75, 3.05) is 11.9 Å². The highest BCUT2D eigenvalue weighted by Gasteiger charge is 2.11. The number of thiophene rings is 1. The fourth-order valence-corrected chi connectivity index (χ4v) is 4.12. The number of anilines is 1.